The van der Waals surface area contributed by atoms with Crippen LogP contribution in [0.4, 0.5) is 24.5 Å². The summed E-state index contributed by atoms with van der Waals surface area (Å²) in [7, 11) is 0. The Balaban J connectivity index is 1.71. The molecule has 24 heavy (non-hydrogen) atoms. The van der Waals surface area contributed by atoms with Gasteiger partial charge >= 0.3 is 0 Å². The number of amides is 1. The number of alkyl halides is 2. The van der Waals surface area contributed by atoms with Crippen LogP contribution in [0.5, 0.6) is 0 Å². The van der Waals surface area contributed by atoms with Crippen LogP contribution < -0.4 is 15.5 Å². The van der Waals surface area contributed by atoms with Crippen LogP contribution >= 0.6 is 0 Å². The van der Waals surface area contributed by atoms with Crippen LogP contribution in [0.25, 0.3) is 0 Å². The summed E-state index contributed by atoms with van der Waals surface area (Å²) in [5, 5.41) is 6.01. The van der Waals surface area contributed by atoms with Crippen LogP contribution in [-0.4, -0.2) is 48.7 Å². The van der Waals surface area contributed by atoms with Gasteiger partial charge in [0.2, 0.25) is 0 Å². The van der Waals surface area contributed by atoms with Gasteiger partial charge in [-0.25, -0.2) is 13.2 Å². The topological polar surface area (TPSA) is 47.6 Å². The molecular weight excluding hydrogens is 321 g/mol. The van der Waals surface area contributed by atoms with Crippen LogP contribution in [0.3, 0.4) is 0 Å². The first-order valence-electron chi connectivity index (χ1n) is 8.14. The molecule has 1 aromatic carbocycles. The Morgan fingerprint density at radius 2 is 1.96 bits per heavy atom. The second-order valence-corrected chi connectivity index (χ2v) is 6.73. The fraction of sp³-hybridized carbons (Fsp3) is 0.562. The van der Waals surface area contributed by atoms with Gasteiger partial charge in [-0.05, 0) is 19.1 Å². The number of benzene rings is 1. The lowest BCUT2D eigenvalue weighted by Gasteiger charge is -2.42. The van der Waals surface area contributed by atoms with Gasteiger partial charge in [0.1, 0.15) is 5.82 Å². The van der Waals surface area contributed by atoms with Gasteiger partial charge in [0.15, 0.2) is 6.29 Å². The fourth-order valence-corrected chi connectivity index (χ4v) is 3.75. The Hall–Kier alpha value is -1.96. The molecule has 8 heteroatoms. The van der Waals surface area contributed by atoms with Crippen molar-refractivity contribution >= 4 is 17.3 Å². The molecule has 2 atom stereocenters. The van der Waals surface area contributed by atoms with Gasteiger partial charge in [-0.2, -0.15) is 0 Å². The third-order valence-corrected chi connectivity index (χ3v) is 5.03. The van der Waals surface area contributed by atoms with Crippen molar-refractivity contribution in [3.8, 4) is 0 Å². The Morgan fingerprint density at radius 3 is 2.67 bits per heavy atom. The SMILES string of the molecule is C[C@@H]1CNC(=O)c2cc(F)cc3c2N1C(N1CCC(F)(F)CC1)N3. The Labute approximate surface area is 137 Å². The molecule has 3 heterocycles. The van der Waals surface area contributed by atoms with E-state index in [1.165, 1.54) is 12.1 Å². The van der Waals surface area contributed by atoms with E-state index in [1.807, 2.05) is 16.7 Å². The van der Waals surface area contributed by atoms with Crippen LogP contribution in [0, 0.1) is 5.82 Å². The number of hydrogen-bond acceptors (Lipinski definition) is 4. The van der Waals surface area contributed by atoms with Crippen molar-refractivity contribution < 1.29 is 18.0 Å². The van der Waals surface area contributed by atoms with Crippen LogP contribution in [0.2, 0.25) is 0 Å². The van der Waals surface area contributed by atoms with E-state index >= 15 is 0 Å². The van der Waals surface area contributed by atoms with Crippen LogP contribution in [-0.2, 0) is 0 Å². The second-order valence-electron chi connectivity index (χ2n) is 6.73. The standard InChI is InChI=1S/C16H19F3N4O/c1-9-8-20-14(24)11-6-10(17)7-12-13(11)23(9)15(21-12)22-4-2-16(18,19)3-5-22/h6-7,9,15,21H,2-5,8H2,1H3,(H,20,24)/t9-,15?/m1/s1. The summed E-state index contributed by atoms with van der Waals surface area (Å²) >= 11 is 0. The number of anilines is 2. The monoisotopic (exact) mass is 340 g/mol. The molecule has 1 aromatic rings. The predicted octanol–water partition coefficient (Wildman–Crippen LogP) is 2.20. The summed E-state index contributed by atoms with van der Waals surface area (Å²) < 4.78 is 40.8. The minimum Gasteiger partial charge on any atom is -0.351 e. The highest BCUT2D eigenvalue weighted by Crippen LogP contribution is 2.42. The Bertz CT molecular complexity index is 686. The summed E-state index contributed by atoms with van der Waals surface area (Å²) in [6.45, 7) is 2.87. The number of carbonyl (C=O) groups is 1. The van der Waals surface area contributed by atoms with Gasteiger partial charge in [0, 0.05) is 38.5 Å². The number of nitrogens with one attached hydrogen (secondary N) is 2. The molecule has 4 rings (SSSR count). The quantitative estimate of drug-likeness (QED) is 0.823. The van der Waals surface area contributed by atoms with Gasteiger partial charge in [-0.1, -0.05) is 0 Å². The van der Waals surface area contributed by atoms with Crippen molar-refractivity contribution in [1.29, 1.82) is 0 Å². The summed E-state index contributed by atoms with van der Waals surface area (Å²) in [4.78, 5) is 16.2. The lowest BCUT2D eigenvalue weighted by Crippen LogP contribution is -2.57. The largest absolute Gasteiger partial charge is 0.351 e. The molecule has 0 spiro atoms. The van der Waals surface area contributed by atoms with E-state index in [-0.39, 0.29) is 49.7 Å². The molecule has 0 aliphatic carbocycles. The van der Waals surface area contributed by atoms with Gasteiger partial charge in [-0.15, -0.1) is 0 Å². The molecule has 0 radical (unpaired) electrons. The zero-order valence-corrected chi connectivity index (χ0v) is 13.3. The summed E-state index contributed by atoms with van der Waals surface area (Å²) in [6.07, 6.45) is -0.732. The van der Waals surface area contributed by atoms with E-state index < -0.39 is 11.7 Å². The number of rotatable bonds is 1. The molecule has 0 aromatic heterocycles. The van der Waals surface area contributed by atoms with Crippen molar-refractivity contribution in [3.63, 3.8) is 0 Å². The van der Waals surface area contributed by atoms with E-state index in [2.05, 4.69) is 10.6 Å². The van der Waals surface area contributed by atoms with E-state index in [0.29, 0.717) is 17.9 Å². The fourth-order valence-electron chi connectivity index (χ4n) is 3.75. The van der Waals surface area contributed by atoms with Gasteiger partial charge in [-0.3, -0.25) is 9.69 Å². The van der Waals surface area contributed by atoms with E-state index in [0.717, 1.165) is 0 Å². The molecule has 3 aliphatic rings. The Kier molecular flexibility index (Phi) is 3.42. The van der Waals surface area contributed by atoms with Crippen molar-refractivity contribution in [2.75, 3.05) is 29.9 Å². The smallest absolute Gasteiger partial charge is 0.253 e. The minimum atomic E-state index is -2.62. The lowest BCUT2D eigenvalue weighted by atomic mass is 10.1. The van der Waals surface area contributed by atoms with Crippen molar-refractivity contribution in [2.45, 2.75) is 38.0 Å². The number of hydrogen-bond donors (Lipinski definition) is 2. The first kappa shape index (κ1) is 15.6. The summed E-state index contributed by atoms with van der Waals surface area (Å²) in [6, 6.07) is 2.55. The van der Waals surface area contributed by atoms with Crippen molar-refractivity contribution in [1.82, 2.24) is 10.2 Å². The minimum absolute atomic E-state index is 0.0400. The van der Waals surface area contributed by atoms with Gasteiger partial charge in [0.25, 0.3) is 11.8 Å². The molecular formula is C16H19F3N4O. The third-order valence-electron chi connectivity index (χ3n) is 5.03. The maximum Gasteiger partial charge on any atom is 0.253 e. The number of carbonyl (C=O) groups excluding carboxylic acids is 1. The number of piperidine rings is 1. The molecule has 130 valence electrons. The molecule has 0 saturated carbocycles. The van der Waals surface area contributed by atoms with Crippen molar-refractivity contribution in [3.05, 3.63) is 23.5 Å². The summed E-state index contributed by atoms with van der Waals surface area (Å²) in [5.41, 5.74) is 1.48. The molecule has 0 bridgehead atoms. The average Bonchev–Trinajstić information content (AvgIpc) is 2.84. The lowest BCUT2D eigenvalue weighted by molar-refractivity contribution is -0.0610. The number of halogens is 3. The van der Waals surface area contributed by atoms with E-state index in [4.69, 9.17) is 0 Å². The molecule has 5 nitrogen and oxygen atoms in total. The van der Waals surface area contributed by atoms with Crippen LogP contribution in [0.1, 0.15) is 30.1 Å². The predicted molar refractivity (Wildman–Crippen MR) is 83.8 cm³/mol. The number of nitrogens with zero attached hydrogens (tertiary/aromatic N) is 2. The number of likely N-dealkylation sites (tertiary alicyclic amines) is 1. The van der Waals surface area contributed by atoms with Gasteiger partial charge < -0.3 is 15.5 Å². The van der Waals surface area contributed by atoms with Gasteiger partial charge in [0.05, 0.1) is 16.9 Å². The van der Waals surface area contributed by atoms with E-state index in [9.17, 15) is 18.0 Å². The zero-order valence-electron chi connectivity index (χ0n) is 13.3. The Morgan fingerprint density at radius 1 is 1.25 bits per heavy atom. The molecule has 1 amide bonds. The normalized spacial score (nSPS) is 28.8. The average molecular weight is 340 g/mol. The highest BCUT2D eigenvalue weighted by Gasteiger charge is 2.44. The summed E-state index contributed by atoms with van der Waals surface area (Å²) in [5.74, 6) is -3.43. The van der Waals surface area contributed by atoms with E-state index in [1.54, 1.807) is 0 Å². The molecule has 3 aliphatic heterocycles. The highest BCUT2D eigenvalue weighted by molar-refractivity contribution is 6.04. The molecule has 1 unspecified atom stereocenters. The van der Waals surface area contributed by atoms with Crippen molar-refractivity contribution in [2.24, 2.45) is 0 Å². The maximum atomic E-state index is 13.9. The molecule has 1 fully saturated rings. The molecule has 2 N–H and O–H groups in total. The second kappa shape index (κ2) is 5.27. The highest BCUT2D eigenvalue weighted by atomic mass is 19.3. The molecule has 1 saturated heterocycles. The zero-order chi connectivity index (χ0) is 17.1. The maximum absolute atomic E-state index is 13.9. The first-order valence-corrected chi connectivity index (χ1v) is 8.14. The van der Waals surface area contributed by atoms with Crippen LogP contribution in [0.15, 0.2) is 12.1 Å². The third kappa shape index (κ3) is 2.40. The first-order chi connectivity index (χ1) is 11.4.